The zero-order valence-electron chi connectivity index (χ0n) is 14.1. The van der Waals surface area contributed by atoms with Crippen LogP contribution in [0.25, 0.3) is 0 Å². The van der Waals surface area contributed by atoms with Gasteiger partial charge in [0.15, 0.2) is 5.69 Å². The van der Waals surface area contributed by atoms with Crippen molar-refractivity contribution in [2.24, 2.45) is 17.4 Å². The van der Waals surface area contributed by atoms with E-state index in [1.54, 1.807) is 0 Å². The van der Waals surface area contributed by atoms with Crippen molar-refractivity contribution in [3.05, 3.63) is 11.8 Å². The summed E-state index contributed by atoms with van der Waals surface area (Å²) < 4.78 is 5.81. The lowest BCUT2D eigenvalue weighted by Gasteiger charge is -2.05. The van der Waals surface area contributed by atoms with Gasteiger partial charge in [0.25, 0.3) is 0 Å². The van der Waals surface area contributed by atoms with Gasteiger partial charge in [-0.1, -0.05) is 20.3 Å². The quantitative estimate of drug-likeness (QED) is 0.454. The van der Waals surface area contributed by atoms with Gasteiger partial charge >= 0.3 is 12.0 Å². The minimum Gasteiger partial charge on any atom is -0.461 e. The van der Waals surface area contributed by atoms with Crippen molar-refractivity contribution >= 4 is 23.7 Å². The van der Waals surface area contributed by atoms with Crippen LogP contribution in [0, 0.1) is 5.92 Å². The average Bonchev–Trinajstić information content (AvgIpc) is 2.93. The fraction of sp³-hybridized carbons (Fsp3) is 0.600. The van der Waals surface area contributed by atoms with Crippen LogP contribution in [0.2, 0.25) is 0 Å². The van der Waals surface area contributed by atoms with Crippen molar-refractivity contribution < 1.29 is 19.1 Å². The Morgan fingerprint density at radius 3 is 2.58 bits per heavy atom. The van der Waals surface area contributed by atoms with E-state index in [2.05, 4.69) is 10.4 Å². The Morgan fingerprint density at radius 2 is 2.00 bits per heavy atom. The highest BCUT2D eigenvalue weighted by Crippen LogP contribution is 2.13. The first kappa shape index (κ1) is 19.6. The first-order valence-electron chi connectivity index (χ1n) is 7.92. The van der Waals surface area contributed by atoms with Crippen LogP contribution in [-0.2, 0) is 9.53 Å². The van der Waals surface area contributed by atoms with E-state index in [1.807, 2.05) is 13.8 Å². The first-order chi connectivity index (χ1) is 11.3. The van der Waals surface area contributed by atoms with Gasteiger partial charge in [0.2, 0.25) is 5.91 Å². The monoisotopic (exact) mass is 339 g/mol. The van der Waals surface area contributed by atoms with E-state index in [4.69, 9.17) is 16.2 Å². The second-order valence-corrected chi connectivity index (χ2v) is 5.80. The van der Waals surface area contributed by atoms with E-state index in [0.29, 0.717) is 13.0 Å². The number of amides is 2. The molecule has 0 saturated carbocycles. The van der Waals surface area contributed by atoms with E-state index in [0.717, 1.165) is 17.5 Å². The summed E-state index contributed by atoms with van der Waals surface area (Å²) in [6, 6.07) is 0.363. The highest BCUT2D eigenvalue weighted by molar-refractivity contribution is 5.95. The van der Waals surface area contributed by atoms with E-state index in [-0.39, 0.29) is 36.4 Å². The summed E-state index contributed by atoms with van der Waals surface area (Å²) >= 11 is 0. The molecule has 0 aliphatic heterocycles. The molecule has 0 saturated heterocycles. The Bertz CT molecular complexity index is 582. The third-order valence-corrected chi connectivity index (χ3v) is 3.05. The lowest BCUT2D eigenvalue weighted by molar-refractivity contribution is -0.116. The number of rotatable bonds is 9. The normalized spacial score (nSPS) is 10.7. The summed E-state index contributed by atoms with van der Waals surface area (Å²) in [6.07, 6.45) is 2.64. The number of nitrogens with zero attached hydrogens (tertiary/aromatic N) is 2. The minimum absolute atomic E-state index is 0.0443. The SMILES string of the molecule is CC(C)COC(=O)c1cc(NC(=O)CCCCCN)n(C(N)=O)n1. The molecule has 0 aliphatic carbocycles. The molecule has 0 aromatic carbocycles. The third kappa shape index (κ3) is 6.37. The number of nitrogens with two attached hydrogens (primary N) is 2. The number of hydrogen-bond donors (Lipinski definition) is 3. The summed E-state index contributed by atoms with van der Waals surface area (Å²) in [5.41, 5.74) is 10.5. The molecule has 0 spiro atoms. The van der Waals surface area contributed by atoms with Gasteiger partial charge in [-0.3, -0.25) is 4.79 Å². The van der Waals surface area contributed by atoms with Gasteiger partial charge in [0, 0.05) is 12.5 Å². The van der Waals surface area contributed by atoms with Crippen LogP contribution in [0.15, 0.2) is 6.07 Å². The molecular formula is C15H25N5O4. The third-order valence-electron chi connectivity index (χ3n) is 3.05. The Morgan fingerprint density at radius 1 is 1.29 bits per heavy atom. The van der Waals surface area contributed by atoms with Gasteiger partial charge in [0.1, 0.15) is 5.82 Å². The highest BCUT2D eigenvalue weighted by Gasteiger charge is 2.19. The molecule has 1 aromatic rings. The van der Waals surface area contributed by atoms with Crippen LogP contribution in [0.4, 0.5) is 10.6 Å². The maximum atomic E-state index is 11.9. The zero-order chi connectivity index (χ0) is 18.1. The molecule has 1 rings (SSSR count). The Kier molecular flexibility index (Phi) is 7.90. The number of carbonyl (C=O) groups is 3. The van der Waals surface area contributed by atoms with Crippen LogP contribution >= 0.6 is 0 Å². The fourth-order valence-corrected chi connectivity index (χ4v) is 1.87. The first-order valence-corrected chi connectivity index (χ1v) is 7.92. The summed E-state index contributed by atoms with van der Waals surface area (Å²) in [5, 5.41) is 6.32. The molecule has 0 bridgehead atoms. The fourth-order valence-electron chi connectivity index (χ4n) is 1.87. The molecule has 9 heteroatoms. The largest absolute Gasteiger partial charge is 0.461 e. The maximum absolute atomic E-state index is 11.9. The van der Waals surface area contributed by atoms with Gasteiger partial charge in [-0.2, -0.15) is 9.78 Å². The molecule has 134 valence electrons. The van der Waals surface area contributed by atoms with Gasteiger partial charge in [-0.25, -0.2) is 9.59 Å². The summed E-state index contributed by atoms with van der Waals surface area (Å²) in [5.74, 6) is -0.763. The molecular weight excluding hydrogens is 314 g/mol. The number of anilines is 1. The van der Waals surface area contributed by atoms with E-state index >= 15 is 0 Å². The average molecular weight is 339 g/mol. The summed E-state index contributed by atoms with van der Waals surface area (Å²) in [7, 11) is 0. The number of nitrogens with one attached hydrogen (secondary N) is 1. The lowest BCUT2D eigenvalue weighted by atomic mass is 10.2. The molecule has 0 atom stereocenters. The molecule has 0 radical (unpaired) electrons. The smallest absolute Gasteiger partial charge is 0.358 e. The molecule has 24 heavy (non-hydrogen) atoms. The van der Waals surface area contributed by atoms with E-state index < -0.39 is 12.0 Å². The molecule has 5 N–H and O–H groups in total. The Balaban J connectivity index is 2.73. The van der Waals surface area contributed by atoms with E-state index in [9.17, 15) is 14.4 Å². The predicted octanol–water partition coefficient (Wildman–Crippen LogP) is 1.08. The van der Waals surface area contributed by atoms with E-state index in [1.165, 1.54) is 6.07 Å². The van der Waals surface area contributed by atoms with Crippen molar-refractivity contribution in [1.82, 2.24) is 9.78 Å². The van der Waals surface area contributed by atoms with Crippen LogP contribution < -0.4 is 16.8 Å². The summed E-state index contributed by atoms with van der Waals surface area (Å²) in [4.78, 5) is 35.2. The number of hydrogen-bond acceptors (Lipinski definition) is 6. The predicted molar refractivity (Wildman–Crippen MR) is 88.5 cm³/mol. The second kappa shape index (κ2) is 9.66. The second-order valence-electron chi connectivity index (χ2n) is 5.80. The number of carbonyl (C=O) groups excluding carboxylic acids is 3. The topological polar surface area (TPSA) is 142 Å². The molecule has 0 aliphatic rings. The molecule has 1 aromatic heterocycles. The number of unbranched alkanes of at least 4 members (excludes halogenated alkanes) is 2. The van der Waals surface area contributed by atoms with Crippen molar-refractivity contribution in [2.75, 3.05) is 18.5 Å². The Hall–Kier alpha value is -2.42. The lowest BCUT2D eigenvalue weighted by Crippen LogP contribution is -2.25. The van der Waals surface area contributed by atoms with Crippen molar-refractivity contribution in [1.29, 1.82) is 0 Å². The van der Waals surface area contributed by atoms with Crippen LogP contribution in [0.5, 0.6) is 0 Å². The van der Waals surface area contributed by atoms with Gasteiger partial charge in [0.05, 0.1) is 6.61 Å². The molecule has 9 nitrogen and oxygen atoms in total. The molecule has 0 unspecified atom stereocenters. The molecule has 2 amide bonds. The Labute approximate surface area is 140 Å². The van der Waals surface area contributed by atoms with Gasteiger partial charge in [-0.15, -0.1) is 0 Å². The van der Waals surface area contributed by atoms with Gasteiger partial charge in [-0.05, 0) is 25.3 Å². The van der Waals surface area contributed by atoms with Crippen LogP contribution in [-0.4, -0.2) is 40.8 Å². The molecule has 0 fully saturated rings. The minimum atomic E-state index is -0.906. The standard InChI is InChI=1S/C15H25N5O4/c1-10(2)9-24-14(22)11-8-12(20(19-11)15(17)23)18-13(21)6-4-3-5-7-16/h8,10H,3-7,9,16H2,1-2H3,(H2,17,23)(H,18,21). The number of primary amides is 1. The van der Waals surface area contributed by atoms with Crippen LogP contribution in [0.3, 0.4) is 0 Å². The number of aromatic nitrogens is 2. The van der Waals surface area contributed by atoms with Crippen LogP contribution in [0.1, 0.15) is 50.0 Å². The number of ether oxygens (including phenoxy) is 1. The zero-order valence-corrected chi connectivity index (χ0v) is 14.1. The highest BCUT2D eigenvalue weighted by atomic mass is 16.5. The van der Waals surface area contributed by atoms with Crippen molar-refractivity contribution in [3.8, 4) is 0 Å². The van der Waals surface area contributed by atoms with Crippen molar-refractivity contribution in [2.45, 2.75) is 39.5 Å². The van der Waals surface area contributed by atoms with Crippen molar-refractivity contribution in [3.63, 3.8) is 0 Å². The van der Waals surface area contributed by atoms with Gasteiger partial charge < -0.3 is 21.5 Å². The molecule has 1 heterocycles. The number of esters is 1. The maximum Gasteiger partial charge on any atom is 0.358 e. The summed E-state index contributed by atoms with van der Waals surface area (Å²) in [6.45, 7) is 4.60.